The lowest BCUT2D eigenvalue weighted by Gasteiger charge is -2.32. The van der Waals surface area contributed by atoms with E-state index in [9.17, 15) is 0 Å². The average Bonchev–Trinajstić information content (AvgIpc) is 2.90. The van der Waals surface area contributed by atoms with Crippen LogP contribution in [-0.2, 0) is 6.54 Å². The maximum atomic E-state index is 5.59. The molecule has 24 heavy (non-hydrogen) atoms. The quantitative estimate of drug-likeness (QED) is 0.592. The Hall–Kier alpha value is -1.56. The molecule has 136 valence electrons. The zero-order valence-corrected chi connectivity index (χ0v) is 15.7. The van der Waals surface area contributed by atoms with Crippen LogP contribution in [0, 0.1) is 19.8 Å². The highest BCUT2D eigenvalue weighted by molar-refractivity contribution is 5.79. The van der Waals surface area contributed by atoms with Crippen molar-refractivity contribution in [1.82, 2.24) is 20.5 Å². The molecular formula is C18H33N5O. The summed E-state index contributed by atoms with van der Waals surface area (Å²) in [6.45, 7) is 14.2. The van der Waals surface area contributed by atoms with E-state index in [-0.39, 0.29) is 0 Å². The van der Waals surface area contributed by atoms with Crippen molar-refractivity contribution in [2.24, 2.45) is 10.9 Å². The van der Waals surface area contributed by atoms with Gasteiger partial charge in [-0.25, -0.2) is 9.98 Å². The molecule has 0 aromatic carbocycles. The Morgan fingerprint density at radius 2 is 2.00 bits per heavy atom. The second kappa shape index (κ2) is 9.67. The van der Waals surface area contributed by atoms with Gasteiger partial charge in [-0.15, -0.1) is 0 Å². The Morgan fingerprint density at radius 1 is 1.25 bits per heavy atom. The monoisotopic (exact) mass is 335 g/mol. The first-order valence-electron chi connectivity index (χ1n) is 9.29. The van der Waals surface area contributed by atoms with Crippen molar-refractivity contribution in [2.75, 3.05) is 32.7 Å². The van der Waals surface area contributed by atoms with Crippen LogP contribution in [0.2, 0.25) is 0 Å². The van der Waals surface area contributed by atoms with E-state index in [1.165, 1.54) is 38.9 Å². The van der Waals surface area contributed by atoms with Crippen molar-refractivity contribution in [2.45, 2.75) is 53.5 Å². The van der Waals surface area contributed by atoms with E-state index >= 15 is 0 Å². The second-order valence-corrected chi connectivity index (χ2v) is 6.61. The highest BCUT2D eigenvalue weighted by Gasteiger charge is 2.18. The van der Waals surface area contributed by atoms with Gasteiger partial charge in [-0.2, -0.15) is 0 Å². The molecular weight excluding hydrogens is 302 g/mol. The van der Waals surface area contributed by atoms with Crippen LogP contribution in [0.15, 0.2) is 9.41 Å². The van der Waals surface area contributed by atoms with Gasteiger partial charge in [0.05, 0.1) is 5.69 Å². The van der Waals surface area contributed by atoms with E-state index in [1.807, 2.05) is 13.8 Å². The SMILES string of the molecule is CCCN1CCC(CNC(=NCc2nc(C)c(C)o2)NCC)CC1. The molecule has 1 aromatic rings. The van der Waals surface area contributed by atoms with E-state index in [2.05, 4.69) is 39.4 Å². The van der Waals surface area contributed by atoms with Crippen LogP contribution in [0.1, 0.15) is 50.5 Å². The molecule has 0 unspecified atom stereocenters. The van der Waals surface area contributed by atoms with E-state index in [0.717, 1.165) is 36.4 Å². The molecule has 1 saturated heterocycles. The van der Waals surface area contributed by atoms with E-state index in [1.54, 1.807) is 0 Å². The van der Waals surface area contributed by atoms with Gasteiger partial charge >= 0.3 is 0 Å². The number of piperidine rings is 1. The molecule has 0 spiro atoms. The van der Waals surface area contributed by atoms with Gasteiger partial charge < -0.3 is 20.0 Å². The van der Waals surface area contributed by atoms with Crippen LogP contribution in [0.5, 0.6) is 0 Å². The Balaban J connectivity index is 1.79. The fourth-order valence-electron chi connectivity index (χ4n) is 3.07. The lowest BCUT2D eigenvalue weighted by molar-refractivity contribution is 0.185. The minimum Gasteiger partial charge on any atom is -0.444 e. The third-order valence-corrected chi connectivity index (χ3v) is 4.59. The Labute approximate surface area is 146 Å². The summed E-state index contributed by atoms with van der Waals surface area (Å²) in [5.74, 6) is 3.13. The molecule has 0 amide bonds. The predicted octanol–water partition coefficient (Wildman–Crippen LogP) is 2.47. The smallest absolute Gasteiger partial charge is 0.216 e. The largest absolute Gasteiger partial charge is 0.444 e. The lowest BCUT2D eigenvalue weighted by atomic mass is 9.97. The number of rotatable bonds is 7. The van der Waals surface area contributed by atoms with Gasteiger partial charge in [0.2, 0.25) is 5.89 Å². The number of hydrogen-bond donors (Lipinski definition) is 2. The molecule has 1 aliphatic heterocycles. The lowest BCUT2D eigenvalue weighted by Crippen LogP contribution is -2.43. The molecule has 2 heterocycles. The molecule has 2 rings (SSSR count). The number of nitrogens with zero attached hydrogens (tertiary/aromatic N) is 3. The molecule has 6 nitrogen and oxygen atoms in total. The summed E-state index contributed by atoms with van der Waals surface area (Å²) >= 11 is 0. The minimum atomic E-state index is 0.471. The van der Waals surface area contributed by atoms with Crippen LogP contribution >= 0.6 is 0 Å². The molecule has 0 radical (unpaired) electrons. The normalized spacial score (nSPS) is 17.2. The summed E-state index contributed by atoms with van der Waals surface area (Å²) < 4.78 is 5.59. The van der Waals surface area contributed by atoms with E-state index in [0.29, 0.717) is 12.4 Å². The van der Waals surface area contributed by atoms with Gasteiger partial charge in [-0.1, -0.05) is 6.92 Å². The molecule has 0 bridgehead atoms. The van der Waals surface area contributed by atoms with Crippen LogP contribution in [0.4, 0.5) is 0 Å². The Morgan fingerprint density at radius 3 is 2.58 bits per heavy atom. The maximum Gasteiger partial charge on any atom is 0.216 e. The summed E-state index contributed by atoms with van der Waals surface area (Å²) in [5, 5.41) is 6.78. The topological polar surface area (TPSA) is 65.7 Å². The number of likely N-dealkylation sites (tertiary alicyclic amines) is 1. The first kappa shape index (κ1) is 18.8. The van der Waals surface area contributed by atoms with Crippen molar-refractivity contribution in [3.05, 3.63) is 17.3 Å². The van der Waals surface area contributed by atoms with Crippen LogP contribution in [-0.4, -0.2) is 48.6 Å². The predicted molar refractivity (Wildman–Crippen MR) is 98.3 cm³/mol. The summed E-state index contributed by atoms with van der Waals surface area (Å²) in [6, 6.07) is 0. The van der Waals surface area contributed by atoms with E-state index in [4.69, 9.17) is 4.42 Å². The Kier molecular flexibility index (Phi) is 7.56. The minimum absolute atomic E-state index is 0.471. The van der Waals surface area contributed by atoms with Gasteiger partial charge in [0.25, 0.3) is 0 Å². The van der Waals surface area contributed by atoms with Crippen molar-refractivity contribution in [3.8, 4) is 0 Å². The number of aromatic nitrogens is 1. The second-order valence-electron chi connectivity index (χ2n) is 6.61. The number of aliphatic imine (C=N–C) groups is 1. The van der Waals surface area contributed by atoms with Gasteiger partial charge in [0, 0.05) is 13.1 Å². The van der Waals surface area contributed by atoms with Crippen LogP contribution < -0.4 is 10.6 Å². The number of hydrogen-bond acceptors (Lipinski definition) is 4. The molecule has 1 aromatic heterocycles. The maximum absolute atomic E-state index is 5.59. The average molecular weight is 335 g/mol. The van der Waals surface area contributed by atoms with E-state index < -0.39 is 0 Å². The third kappa shape index (κ3) is 5.82. The molecule has 1 aliphatic rings. The van der Waals surface area contributed by atoms with Crippen LogP contribution in [0.3, 0.4) is 0 Å². The fraction of sp³-hybridized carbons (Fsp3) is 0.778. The van der Waals surface area contributed by atoms with Gasteiger partial charge in [0.1, 0.15) is 12.3 Å². The van der Waals surface area contributed by atoms with Crippen molar-refractivity contribution in [3.63, 3.8) is 0 Å². The first-order chi connectivity index (χ1) is 11.6. The van der Waals surface area contributed by atoms with Gasteiger partial charge in [-0.05, 0) is 65.6 Å². The molecule has 6 heteroatoms. The van der Waals surface area contributed by atoms with Crippen molar-refractivity contribution < 1.29 is 4.42 Å². The highest BCUT2D eigenvalue weighted by Crippen LogP contribution is 2.16. The van der Waals surface area contributed by atoms with Crippen LogP contribution in [0.25, 0.3) is 0 Å². The summed E-state index contributed by atoms with van der Waals surface area (Å²) in [4.78, 5) is 11.6. The fourth-order valence-corrected chi connectivity index (χ4v) is 3.07. The zero-order valence-electron chi connectivity index (χ0n) is 15.7. The summed E-state index contributed by atoms with van der Waals surface area (Å²) in [7, 11) is 0. The standard InChI is InChI=1S/C18H33N5O/c1-5-9-23-10-7-16(8-11-23)12-20-18(19-6-2)21-13-17-22-14(3)15(4)24-17/h16H,5-13H2,1-4H3,(H2,19,20,21). The molecule has 0 atom stereocenters. The Bertz CT molecular complexity index is 498. The summed E-state index contributed by atoms with van der Waals surface area (Å²) in [5.41, 5.74) is 0.942. The number of aryl methyl sites for hydroxylation is 2. The first-order valence-corrected chi connectivity index (χ1v) is 9.29. The van der Waals surface area contributed by atoms with Crippen molar-refractivity contribution >= 4 is 5.96 Å². The summed E-state index contributed by atoms with van der Waals surface area (Å²) in [6.07, 6.45) is 3.79. The van der Waals surface area contributed by atoms with Crippen molar-refractivity contribution in [1.29, 1.82) is 0 Å². The molecule has 2 N–H and O–H groups in total. The molecule has 0 aliphatic carbocycles. The molecule has 0 saturated carbocycles. The zero-order chi connectivity index (χ0) is 17.4. The van der Waals surface area contributed by atoms with Gasteiger partial charge in [-0.3, -0.25) is 0 Å². The third-order valence-electron chi connectivity index (χ3n) is 4.59. The number of oxazole rings is 1. The number of nitrogens with one attached hydrogen (secondary N) is 2. The number of guanidine groups is 1. The molecule has 1 fully saturated rings. The highest BCUT2D eigenvalue weighted by atomic mass is 16.4. The van der Waals surface area contributed by atoms with Gasteiger partial charge in [0.15, 0.2) is 5.96 Å².